The molecular weight excluding hydrogens is 730 g/mol. The number of nitrogens with zero attached hydrogens (tertiary/aromatic N) is 1. The standard InChI is InChI=1S/C41H63NO14/c1-10-20(4)34(46)55-33-28(45)27-23(18-42-17-19(3)12-13-25(42)38(27,9)49)24-16-39-32(40(24,33)50)30(53-22(6)44)29(52-21(5)43)31-36(39,7)15-14-26(41(31,51)56-39)54-35(47)37(8,48)11-2/h19-20,23-33,45,48-51H,10-18H2,1-9H3/t19-,20+,23-,24-,25-,26-,27+,28+,29-,30+,31-,32+,33-,36-,37-,38+,39-,40-,41+/m0/s1. The van der Waals surface area contributed by atoms with Crippen molar-refractivity contribution in [3.8, 4) is 0 Å². The summed E-state index contributed by atoms with van der Waals surface area (Å²) in [5.74, 6) is -10.8. The van der Waals surface area contributed by atoms with E-state index in [1.54, 1.807) is 20.8 Å². The second-order valence-electron chi connectivity index (χ2n) is 19.2. The topological polar surface area (TPSA) is 219 Å². The average molecular weight is 794 g/mol. The molecule has 15 nitrogen and oxygen atoms in total. The number of hydrogen-bond donors (Lipinski definition) is 5. The molecule has 1 spiro atoms. The van der Waals surface area contributed by atoms with Gasteiger partial charge in [-0.05, 0) is 76.5 Å². The Morgan fingerprint density at radius 1 is 0.929 bits per heavy atom. The predicted molar refractivity (Wildman–Crippen MR) is 195 cm³/mol. The van der Waals surface area contributed by atoms with Crippen LogP contribution in [0.2, 0.25) is 0 Å². The third-order valence-electron chi connectivity index (χ3n) is 16.0. The van der Waals surface area contributed by atoms with Crippen LogP contribution in [-0.2, 0) is 42.9 Å². The third kappa shape index (κ3) is 5.60. The Kier molecular flexibility index (Phi) is 10.1. The van der Waals surface area contributed by atoms with Gasteiger partial charge in [-0.25, -0.2) is 4.79 Å². The highest BCUT2D eigenvalue weighted by atomic mass is 16.7. The molecule has 0 unspecified atom stereocenters. The summed E-state index contributed by atoms with van der Waals surface area (Å²) in [6.45, 7) is 15.5. The monoisotopic (exact) mass is 793 g/mol. The molecule has 3 aliphatic heterocycles. The van der Waals surface area contributed by atoms with E-state index in [4.69, 9.17) is 23.7 Å². The van der Waals surface area contributed by atoms with E-state index in [1.165, 1.54) is 20.8 Å². The number of hydrogen-bond acceptors (Lipinski definition) is 15. The van der Waals surface area contributed by atoms with Crippen LogP contribution in [0, 0.1) is 46.8 Å². The quantitative estimate of drug-likeness (QED) is 0.174. The lowest BCUT2D eigenvalue weighted by molar-refractivity contribution is -0.301. The molecule has 5 N–H and O–H groups in total. The molecule has 0 radical (unpaired) electrons. The molecule has 4 saturated carbocycles. The smallest absolute Gasteiger partial charge is 0.338 e. The number of carbonyl (C=O) groups is 4. The van der Waals surface area contributed by atoms with E-state index in [9.17, 15) is 44.7 Å². The van der Waals surface area contributed by atoms with Gasteiger partial charge < -0.3 is 49.2 Å². The molecule has 56 heavy (non-hydrogen) atoms. The van der Waals surface area contributed by atoms with Gasteiger partial charge >= 0.3 is 23.9 Å². The highest BCUT2D eigenvalue weighted by Crippen LogP contribution is 2.78. The van der Waals surface area contributed by atoms with Crippen molar-refractivity contribution in [2.45, 2.75) is 172 Å². The summed E-state index contributed by atoms with van der Waals surface area (Å²) in [6.07, 6.45) is -5.31. The van der Waals surface area contributed by atoms with Gasteiger partial charge in [-0.2, -0.15) is 0 Å². The fraction of sp³-hybridized carbons (Fsp3) is 0.902. The zero-order valence-electron chi connectivity index (χ0n) is 34.2. The number of ether oxygens (including phenoxy) is 5. The van der Waals surface area contributed by atoms with Crippen LogP contribution in [0.3, 0.4) is 0 Å². The van der Waals surface area contributed by atoms with E-state index in [0.717, 1.165) is 6.42 Å². The summed E-state index contributed by atoms with van der Waals surface area (Å²) < 4.78 is 31.3. The molecule has 3 heterocycles. The molecule has 7 fully saturated rings. The van der Waals surface area contributed by atoms with Gasteiger partial charge in [0.2, 0.25) is 5.79 Å². The molecule has 316 valence electrons. The number of esters is 4. The van der Waals surface area contributed by atoms with Crippen LogP contribution in [0.25, 0.3) is 0 Å². The van der Waals surface area contributed by atoms with Gasteiger partial charge in [0, 0.05) is 44.3 Å². The van der Waals surface area contributed by atoms with E-state index in [0.29, 0.717) is 31.8 Å². The lowest BCUT2D eigenvalue weighted by Gasteiger charge is -2.64. The average Bonchev–Trinajstić information content (AvgIpc) is 3.40. The Bertz CT molecular complexity index is 1620. The van der Waals surface area contributed by atoms with E-state index in [2.05, 4.69) is 11.8 Å². The van der Waals surface area contributed by atoms with E-state index in [-0.39, 0.29) is 31.7 Å². The Hall–Kier alpha value is -2.40. The summed E-state index contributed by atoms with van der Waals surface area (Å²) in [7, 11) is 0. The molecule has 7 rings (SSSR count). The van der Waals surface area contributed by atoms with Crippen molar-refractivity contribution in [3.63, 3.8) is 0 Å². The molecular formula is C41H63NO14. The maximum atomic E-state index is 13.9. The van der Waals surface area contributed by atoms with Crippen molar-refractivity contribution in [1.29, 1.82) is 0 Å². The van der Waals surface area contributed by atoms with Crippen molar-refractivity contribution >= 4 is 23.9 Å². The third-order valence-corrected chi connectivity index (χ3v) is 16.0. The highest BCUT2D eigenvalue weighted by Gasteiger charge is 2.90. The molecule has 3 saturated heterocycles. The highest BCUT2D eigenvalue weighted by molar-refractivity contribution is 5.79. The second-order valence-corrected chi connectivity index (χ2v) is 19.2. The predicted octanol–water partition coefficient (Wildman–Crippen LogP) is 1.61. The Morgan fingerprint density at radius 2 is 1.55 bits per heavy atom. The van der Waals surface area contributed by atoms with E-state index in [1.807, 2.05) is 13.8 Å². The van der Waals surface area contributed by atoms with Crippen LogP contribution in [-0.4, -0.2) is 132 Å². The van der Waals surface area contributed by atoms with Crippen molar-refractivity contribution in [2.75, 3.05) is 13.1 Å². The van der Waals surface area contributed by atoms with Crippen LogP contribution in [0.5, 0.6) is 0 Å². The van der Waals surface area contributed by atoms with Gasteiger partial charge in [-0.3, -0.25) is 19.3 Å². The molecule has 0 aromatic heterocycles. The number of piperidine rings is 2. The van der Waals surface area contributed by atoms with Crippen LogP contribution in [0.1, 0.15) is 107 Å². The van der Waals surface area contributed by atoms with Crippen molar-refractivity contribution in [2.24, 2.45) is 46.8 Å². The normalized spacial score (nSPS) is 50.5. The van der Waals surface area contributed by atoms with Gasteiger partial charge in [-0.15, -0.1) is 0 Å². The van der Waals surface area contributed by atoms with Crippen LogP contribution in [0.4, 0.5) is 0 Å². The van der Waals surface area contributed by atoms with Crippen molar-refractivity contribution in [1.82, 2.24) is 4.90 Å². The van der Waals surface area contributed by atoms with Crippen molar-refractivity contribution in [3.05, 3.63) is 0 Å². The number of rotatable bonds is 8. The van der Waals surface area contributed by atoms with E-state index < -0.39 is 124 Å². The first kappa shape index (κ1) is 41.7. The van der Waals surface area contributed by atoms with Gasteiger partial charge in [0.1, 0.15) is 17.8 Å². The fourth-order valence-corrected chi connectivity index (χ4v) is 13.1. The molecule has 4 bridgehead atoms. The molecule has 0 amide bonds. The summed E-state index contributed by atoms with van der Waals surface area (Å²) in [4.78, 5) is 55.6. The minimum Gasteiger partial charge on any atom is -0.458 e. The second kappa shape index (κ2) is 13.6. The number of carbonyl (C=O) groups excluding carboxylic acids is 4. The largest absolute Gasteiger partial charge is 0.458 e. The summed E-state index contributed by atoms with van der Waals surface area (Å²) >= 11 is 0. The summed E-state index contributed by atoms with van der Waals surface area (Å²) in [5, 5.41) is 62.9. The van der Waals surface area contributed by atoms with Crippen LogP contribution >= 0.6 is 0 Å². The number of aliphatic hydroxyl groups excluding tert-OH is 1. The molecule has 0 aromatic rings. The van der Waals surface area contributed by atoms with Crippen molar-refractivity contribution < 1.29 is 68.4 Å². The summed E-state index contributed by atoms with van der Waals surface area (Å²) in [5.41, 5.74) is -8.37. The van der Waals surface area contributed by atoms with Gasteiger partial charge in [-0.1, -0.05) is 34.6 Å². The minimum absolute atomic E-state index is 0.0107. The lowest BCUT2D eigenvalue weighted by Crippen LogP contribution is -2.78. The lowest BCUT2D eigenvalue weighted by atomic mass is 9.48. The minimum atomic E-state index is -2.38. The Balaban J connectivity index is 1.45. The molecule has 0 aromatic carbocycles. The molecule has 19 atom stereocenters. The maximum absolute atomic E-state index is 13.9. The molecule has 4 aliphatic carbocycles. The molecule has 7 aliphatic rings. The van der Waals surface area contributed by atoms with E-state index >= 15 is 0 Å². The van der Waals surface area contributed by atoms with Crippen LogP contribution < -0.4 is 0 Å². The first-order valence-electron chi connectivity index (χ1n) is 20.7. The fourth-order valence-electron chi connectivity index (χ4n) is 13.1. The summed E-state index contributed by atoms with van der Waals surface area (Å²) in [6, 6.07) is -0.309. The maximum Gasteiger partial charge on any atom is 0.338 e. The Morgan fingerprint density at radius 3 is 2.14 bits per heavy atom. The zero-order chi connectivity index (χ0) is 41.3. The Labute approximate surface area is 328 Å². The number of fused-ring (bicyclic) bond motifs is 5. The first-order chi connectivity index (χ1) is 26.0. The molecule has 15 heteroatoms. The number of aliphatic hydroxyl groups is 5. The SMILES string of the molecule is CC[C@@H](C)C(=O)O[C@H]1[C@H](O)[C@H]2[C@@H](CN3C[C@@H](C)CC[C@H]3[C@@]2(C)O)[C@@H]2C[C@@]34O[C@]5(O)[C@@H](OC(=O)[C@@](C)(O)CC)CC[C@@]3(C)[C@@H]5[C@@H](OC(C)=O)[C@@H](OC(C)=O)[C@H]4[C@@]21O. The zero-order valence-corrected chi connectivity index (χ0v) is 34.2. The van der Waals surface area contributed by atoms with Gasteiger partial charge in [0.05, 0.1) is 35.1 Å². The van der Waals surface area contributed by atoms with Gasteiger partial charge in [0.15, 0.2) is 17.8 Å². The van der Waals surface area contributed by atoms with Gasteiger partial charge in [0.25, 0.3) is 0 Å². The van der Waals surface area contributed by atoms with Crippen LogP contribution in [0.15, 0.2) is 0 Å². The first-order valence-corrected chi connectivity index (χ1v) is 20.7.